The van der Waals surface area contributed by atoms with Crippen molar-refractivity contribution in [1.29, 1.82) is 5.26 Å². The van der Waals surface area contributed by atoms with Crippen LogP contribution in [0.5, 0.6) is 0 Å². The van der Waals surface area contributed by atoms with E-state index >= 15 is 0 Å². The molecule has 0 unspecified atom stereocenters. The summed E-state index contributed by atoms with van der Waals surface area (Å²) in [5.41, 5.74) is -0.0684. The minimum Gasteiger partial charge on any atom is -0.281 e. The van der Waals surface area contributed by atoms with Crippen molar-refractivity contribution in [3.05, 3.63) is 11.4 Å². The largest absolute Gasteiger partial charge is 0.281 e. The third kappa shape index (κ3) is 2.72. The van der Waals surface area contributed by atoms with Gasteiger partial charge < -0.3 is 0 Å². The third-order valence-corrected chi connectivity index (χ3v) is 5.80. The Morgan fingerprint density at radius 2 is 2.00 bits per heavy atom. The maximum Gasteiger partial charge on any atom is 0.245 e. The number of aromatic nitrogens is 2. The van der Waals surface area contributed by atoms with Crippen molar-refractivity contribution in [2.45, 2.75) is 56.9 Å². The Balaban J connectivity index is 2.30. The van der Waals surface area contributed by atoms with Crippen LogP contribution in [0.25, 0.3) is 0 Å². The molecule has 1 aromatic rings. The van der Waals surface area contributed by atoms with E-state index in [0.29, 0.717) is 30.1 Å². The van der Waals surface area contributed by atoms with Crippen molar-refractivity contribution in [2.75, 3.05) is 0 Å². The summed E-state index contributed by atoms with van der Waals surface area (Å²) in [6.07, 6.45) is 2.83. The number of aryl methyl sites for hydroxylation is 2. The van der Waals surface area contributed by atoms with E-state index in [4.69, 9.17) is 0 Å². The van der Waals surface area contributed by atoms with Gasteiger partial charge in [0.15, 0.2) is 0 Å². The standard InChI is InChI=1S/C13H20N4O2S/c1-9-4-6-13(8-14,7-5-9)17-20(18,19)12-10(2)15-16-11(12)3/h9,17H,4-7H2,1-3H3,(H,15,16). The summed E-state index contributed by atoms with van der Waals surface area (Å²) in [5.74, 6) is 0.540. The molecule has 1 fully saturated rings. The first-order chi connectivity index (χ1) is 9.30. The van der Waals surface area contributed by atoms with Crippen LogP contribution in [-0.4, -0.2) is 24.2 Å². The molecule has 1 aliphatic carbocycles. The summed E-state index contributed by atoms with van der Waals surface area (Å²) < 4.78 is 27.7. The van der Waals surface area contributed by atoms with Crippen molar-refractivity contribution >= 4 is 10.0 Å². The predicted molar refractivity (Wildman–Crippen MR) is 74.4 cm³/mol. The lowest BCUT2D eigenvalue weighted by atomic mass is 9.79. The van der Waals surface area contributed by atoms with Crippen LogP contribution in [-0.2, 0) is 10.0 Å². The number of H-pyrrole nitrogens is 1. The van der Waals surface area contributed by atoms with E-state index < -0.39 is 15.6 Å². The van der Waals surface area contributed by atoms with E-state index in [2.05, 4.69) is 27.9 Å². The zero-order valence-corrected chi connectivity index (χ0v) is 12.8. The highest BCUT2D eigenvalue weighted by Crippen LogP contribution is 2.33. The average molecular weight is 296 g/mol. The Kier molecular flexibility index (Phi) is 3.89. The molecule has 20 heavy (non-hydrogen) atoms. The first kappa shape index (κ1) is 15.0. The van der Waals surface area contributed by atoms with Gasteiger partial charge in [-0.2, -0.15) is 15.1 Å². The SMILES string of the molecule is Cc1n[nH]c(C)c1S(=O)(=O)NC1(C#N)CCC(C)CC1. The van der Waals surface area contributed by atoms with Gasteiger partial charge in [-0.1, -0.05) is 6.92 Å². The first-order valence-electron chi connectivity index (χ1n) is 6.76. The number of rotatable bonds is 3. The number of hydrogen-bond donors (Lipinski definition) is 2. The van der Waals surface area contributed by atoms with Gasteiger partial charge in [0.1, 0.15) is 10.4 Å². The minimum atomic E-state index is -3.73. The lowest BCUT2D eigenvalue weighted by Gasteiger charge is -2.33. The Morgan fingerprint density at radius 1 is 1.40 bits per heavy atom. The molecule has 0 aliphatic heterocycles. The van der Waals surface area contributed by atoms with Crippen molar-refractivity contribution in [3.63, 3.8) is 0 Å². The number of nitrogens with one attached hydrogen (secondary N) is 2. The van der Waals surface area contributed by atoms with Crippen LogP contribution in [0.2, 0.25) is 0 Å². The average Bonchev–Trinajstić information content (AvgIpc) is 2.72. The molecule has 1 aliphatic rings. The summed E-state index contributed by atoms with van der Waals surface area (Å²) in [6, 6.07) is 2.17. The second-order valence-electron chi connectivity index (χ2n) is 5.75. The molecule has 0 saturated heterocycles. The third-order valence-electron chi connectivity index (χ3n) is 4.00. The molecule has 1 heterocycles. The first-order valence-corrected chi connectivity index (χ1v) is 8.25. The van der Waals surface area contributed by atoms with Crippen molar-refractivity contribution in [3.8, 4) is 6.07 Å². The maximum atomic E-state index is 12.5. The molecule has 0 spiro atoms. The van der Waals surface area contributed by atoms with Gasteiger partial charge in [0.2, 0.25) is 10.0 Å². The summed E-state index contributed by atoms with van der Waals surface area (Å²) in [6.45, 7) is 5.43. The highest BCUT2D eigenvalue weighted by Gasteiger charge is 2.39. The molecule has 1 aromatic heterocycles. The fraction of sp³-hybridized carbons (Fsp3) is 0.692. The van der Waals surface area contributed by atoms with Gasteiger partial charge in [0.25, 0.3) is 0 Å². The summed E-state index contributed by atoms with van der Waals surface area (Å²) in [7, 11) is -3.73. The number of hydrogen-bond acceptors (Lipinski definition) is 4. The van der Waals surface area contributed by atoms with Crippen LogP contribution in [0.3, 0.4) is 0 Å². The molecule has 0 atom stereocenters. The molecule has 0 bridgehead atoms. The van der Waals surface area contributed by atoms with E-state index in [9.17, 15) is 13.7 Å². The Morgan fingerprint density at radius 3 is 2.45 bits per heavy atom. The van der Waals surface area contributed by atoms with Crippen molar-refractivity contribution < 1.29 is 8.42 Å². The molecule has 0 amide bonds. The monoisotopic (exact) mass is 296 g/mol. The zero-order valence-electron chi connectivity index (χ0n) is 12.0. The summed E-state index contributed by atoms with van der Waals surface area (Å²) in [5, 5.41) is 16.0. The molecule has 2 N–H and O–H groups in total. The minimum absolute atomic E-state index is 0.158. The number of sulfonamides is 1. The van der Waals surface area contributed by atoms with Crippen LogP contribution in [0.15, 0.2) is 4.90 Å². The molecule has 0 radical (unpaired) electrons. The van der Waals surface area contributed by atoms with Crippen LogP contribution < -0.4 is 4.72 Å². The number of nitriles is 1. The van der Waals surface area contributed by atoms with Gasteiger partial charge in [-0.15, -0.1) is 0 Å². The fourth-order valence-corrected chi connectivity index (χ4v) is 4.49. The topological polar surface area (TPSA) is 98.6 Å². The van der Waals surface area contributed by atoms with Gasteiger partial charge in [0.05, 0.1) is 17.5 Å². The van der Waals surface area contributed by atoms with E-state index in [1.807, 2.05) is 0 Å². The number of nitrogens with zero attached hydrogens (tertiary/aromatic N) is 2. The maximum absolute atomic E-state index is 12.5. The molecular weight excluding hydrogens is 276 g/mol. The smallest absolute Gasteiger partial charge is 0.245 e. The highest BCUT2D eigenvalue weighted by molar-refractivity contribution is 7.89. The van der Waals surface area contributed by atoms with Gasteiger partial charge in [-0.05, 0) is 45.4 Å². The lowest BCUT2D eigenvalue weighted by molar-refractivity contribution is 0.278. The van der Waals surface area contributed by atoms with E-state index in [1.165, 1.54) is 0 Å². The fourth-order valence-electron chi connectivity index (χ4n) is 2.74. The lowest BCUT2D eigenvalue weighted by Crippen LogP contribution is -2.49. The van der Waals surface area contributed by atoms with E-state index in [0.717, 1.165) is 12.8 Å². The van der Waals surface area contributed by atoms with Gasteiger partial charge >= 0.3 is 0 Å². The Labute approximate surface area is 119 Å². The Bertz CT molecular complexity index is 614. The molecule has 110 valence electrons. The van der Waals surface area contributed by atoms with Gasteiger partial charge in [0, 0.05) is 0 Å². The molecule has 6 nitrogen and oxygen atoms in total. The van der Waals surface area contributed by atoms with Crippen LogP contribution >= 0.6 is 0 Å². The Hall–Kier alpha value is -1.39. The summed E-state index contributed by atoms with van der Waals surface area (Å²) >= 11 is 0. The molecule has 7 heteroatoms. The number of aromatic amines is 1. The molecule has 2 rings (SSSR count). The molecule has 1 saturated carbocycles. The van der Waals surface area contributed by atoms with E-state index in [1.54, 1.807) is 13.8 Å². The highest BCUT2D eigenvalue weighted by atomic mass is 32.2. The quantitative estimate of drug-likeness (QED) is 0.888. The summed E-state index contributed by atoms with van der Waals surface area (Å²) in [4.78, 5) is 0.158. The van der Waals surface area contributed by atoms with Gasteiger partial charge in [-0.25, -0.2) is 8.42 Å². The van der Waals surface area contributed by atoms with Crippen LogP contribution in [0, 0.1) is 31.1 Å². The second kappa shape index (κ2) is 5.19. The molecular formula is C13H20N4O2S. The second-order valence-corrected chi connectivity index (χ2v) is 7.36. The van der Waals surface area contributed by atoms with Crippen LogP contribution in [0.4, 0.5) is 0 Å². The van der Waals surface area contributed by atoms with E-state index in [-0.39, 0.29) is 4.90 Å². The van der Waals surface area contributed by atoms with Crippen molar-refractivity contribution in [2.24, 2.45) is 5.92 Å². The van der Waals surface area contributed by atoms with Gasteiger partial charge in [-0.3, -0.25) is 5.10 Å². The van der Waals surface area contributed by atoms with Crippen molar-refractivity contribution in [1.82, 2.24) is 14.9 Å². The predicted octanol–water partition coefficient (Wildman–Crippen LogP) is 1.78. The van der Waals surface area contributed by atoms with Crippen LogP contribution in [0.1, 0.15) is 44.0 Å². The zero-order chi connectivity index (χ0) is 15.0. The normalized spacial score (nSPS) is 27.2. The molecule has 0 aromatic carbocycles.